The zero-order chi connectivity index (χ0) is 10.8. The van der Waals surface area contributed by atoms with Crippen LogP contribution in [0.3, 0.4) is 0 Å². The first-order valence-electron chi connectivity index (χ1n) is 4.49. The van der Waals surface area contributed by atoms with Gasteiger partial charge < -0.3 is 9.26 Å². The Bertz CT molecular complexity index is 322. The highest BCUT2D eigenvalue weighted by molar-refractivity contribution is 5.65. The monoisotopic (exact) mass is 197 g/mol. The van der Waals surface area contributed by atoms with Gasteiger partial charge in [-0.05, 0) is 0 Å². The van der Waals surface area contributed by atoms with E-state index < -0.39 is 0 Å². The van der Waals surface area contributed by atoms with E-state index in [9.17, 15) is 4.79 Å². The molecule has 78 valence electrons. The average molecular weight is 197 g/mol. The van der Waals surface area contributed by atoms with Crippen LogP contribution in [0.1, 0.15) is 39.1 Å². The van der Waals surface area contributed by atoms with E-state index in [-0.39, 0.29) is 18.0 Å². The molecule has 0 bridgehead atoms. The van der Waals surface area contributed by atoms with E-state index in [1.54, 1.807) is 0 Å². The summed E-state index contributed by atoms with van der Waals surface area (Å²) in [7, 11) is 0. The molecule has 0 radical (unpaired) electrons. The number of aromatic nitrogens is 1. The Labute approximate surface area is 83.2 Å². The van der Waals surface area contributed by atoms with Gasteiger partial charge in [-0.3, -0.25) is 4.79 Å². The SMILES string of the molecule is CC(=O)OCc1cc(C(C)(C)C)no1. The summed E-state index contributed by atoms with van der Waals surface area (Å²) in [5.41, 5.74) is 0.817. The molecule has 0 unspecified atom stereocenters. The zero-order valence-corrected chi connectivity index (χ0v) is 8.96. The molecule has 14 heavy (non-hydrogen) atoms. The Kier molecular flexibility index (Phi) is 2.93. The van der Waals surface area contributed by atoms with Gasteiger partial charge >= 0.3 is 5.97 Å². The summed E-state index contributed by atoms with van der Waals surface area (Å²) >= 11 is 0. The lowest BCUT2D eigenvalue weighted by Gasteiger charge is -2.12. The van der Waals surface area contributed by atoms with Gasteiger partial charge in [0.1, 0.15) is 0 Å². The Morgan fingerprint density at radius 1 is 1.57 bits per heavy atom. The highest BCUT2D eigenvalue weighted by atomic mass is 16.5. The number of esters is 1. The molecule has 1 rings (SSSR count). The van der Waals surface area contributed by atoms with Crippen molar-refractivity contribution in [3.05, 3.63) is 17.5 Å². The van der Waals surface area contributed by atoms with Crippen molar-refractivity contribution < 1.29 is 14.1 Å². The van der Waals surface area contributed by atoms with Gasteiger partial charge in [-0.25, -0.2) is 0 Å². The summed E-state index contributed by atoms with van der Waals surface area (Å²) < 4.78 is 9.80. The molecule has 4 heteroatoms. The van der Waals surface area contributed by atoms with Gasteiger partial charge in [-0.2, -0.15) is 0 Å². The fourth-order valence-corrected chi connectivity index (χ4v) is 0.907. The molecule has 0 aliphatic rings. The van der Waals surface area contributed by atoms with Crippen molar-refractivity contribution in [2.75, 3.05) is 0 Å². The number of rotatable bonds is 2. The number of nitrogens with zero attached hydrogens (tertiary/aromatic N) is 1. The molecule has 0 atom stereocenters. The molecule has 0 fully saturated rings. The highest BCUT2D eigenvalue weighted by Crippen LogP contribution is 2.21. The van der Waals surface area contributed by atoms with E-state index in [1.807, 2.05) is 26.8 Å². The third kappa shape index (κ3) is 2.87. The molecule has 1 heterocycles. The van der Waals surface area contributed by atoms with Crippen LogP contribution in [0.4, 0.5) is 0 Å². The molecule has 0 saturated carbocycles. The average Bonchev–Trinajstić information content (AvgIpc) is 2.47. The Hall–Kier alpha value is -1.32. The quantitative estimate of drug-likeness (QED) is 0.681. The second-order valence-electron chi connectivity index (χ2n) is 4.21. The number of ether oxygens (including phenoxy) is 1. The predicted octanol–water partition coefficient (Wildman–Crippen LogP) is 2.04. The Balaban J connectivity index is 2.64. The standard InChI is InChI=1S/C10H15NO3/c1-7(12)13-6-8-5-9(11-14-8)10(2,3)4/h5H,6H2,1-4H3. The minimum absolute atomic E-state index is 0.0437. The van der Waals surface area contributed by atoms with Gasteiger partial charge in [0.15, 0.2) is 12.4 Å². The minimum atomic E-state index is -0.321. The number of carbonyl (C=O) groups excluding carboxylic acids is 1. The van der Waals surface area contributed by atoms with Crippen LogP contribution in [-0.2, 0) is 21.6 Å². The smallest absolute Gasteiger partial charge is 0.303 e. The number of hydrogen-bond donors (Lipinski definition) is 0. The maximum absolute atomic E-state index is 10.5. The lowest BCUT2D eigenvalue weighted by Crippen LogP contribution is -2.11. The summed E-state index contributed by atoms with van der Waals surface area (Å²) in [5, 5.41) is 3.90. The topological polar surface area (TPSA) is 52.3 Å². The third-order valence-electron chi connectivity index (χ3n) is 1.75. The highest BCUT2D eigenvalue weighted by Gasteiger charge is 2.18. The molecule has 0 amide bonds. The summed E-state index contributed by atoms with van der Waals surface area (Å²) in [6.07, 6.45) is 0. The van der Waals surface area contributed by atoms with Crippen molar-refractivity contribution in [2.24, 2.45) is 0 Å². The maximum Gasteiger partial charge on any atom is 0.303 e. The summed E-state index contributed by atoms with van der Waals surface area (Å²) in [6.45, 7) is 7.64. The van der Waals surface area contributed by atoms with Crippen LogP contribution in [0.15, 0.2) is 10.6 Å². The van der Waals surface area contributed by atoms with Crippen LogP contribution in [0.25, 0.3) is 0 Å². The summed E-state index contributed by atoms with van der Waals surface area (Å²) in [5.74, 6) is 0.254. The molecular weight excluding hydrogens is 182 g/mol. The van der Waals surface area contributed by atoms with Crippen molar-refractivity contribution in [3.8, 4) is 0 Å². The fraction of sp³-hybridized carbons (Fsp3) is 0.600. The first-order valence-corrected chi connectivity index (χ1v) is 4.49. The van der Waals surface area contributed by atoms with Crippen molar-refractivity contribution in [3.63, 3.8) is 0 Å². The van der Waals surface area contributed by atoms with Crippen LogP contribution in [0, 0.1) is 0 Å². The molecule has 1 aromatic rings. The van der Waals surface area contributed by atoms with E-state index in [2.05, 4.69) is 5.16 Å². The van der Waals surface area contributed by atoms with Crippen molar-refractivity contribution in [1.29, 1.82) is 0 Å². The van der Waals surface area contributed by atoms with Crippen LogP contribution in [-0.4, -0.2) is 11.1 Å². The van der Waals surface area contributed by atoms with Crippen molar-refractivity contribution in [1.82, 2.24) is 5.16 Å². The predicted molar refractivity (Wildman–Crippen MR) is 50.7 cm³/mol. The number of hydrogen-bond acceptors (Lipinski definition) is 4. The van der Waals surface area contributed by atoms with Crippen LogP contribution < -0.4 is 0 Å². The molecule has 0 aromatic carbocycles. The number of carbonyl (C=O) groups is 1. The third-order valence-corrected chi connectivity index (χ3v) is 1.75. The van der Waals surface area contributed by atoms with Gasteiger partial charge in [-0.15, -0.1) is 0 Å². The molecule has 0 aliphatic carbocycles. The van der Waals surface area contributed by atoms with E-state index in [1.165, 1.54) is 6.92 Å². The zero-order valence-electron chi connectivity index (χ0n) is 8.96. The van der Waals surface area contributed by atoms with E-state index in [0.29, 0.717) is 5.76 Å². The summed E-state index contributed by atoms with van der Waals surface area (Å²) in [6, 6.07) is 1.81. The minimum Gasteiger partial charge on any atom is -0.458 e. The molecule has 0 saturated heterocycles. The van der Waals surface area contributed by atoms with Crippen LogP contribution in [0.2, 0.25) is 0 Å². The molecule has 0 N–H and O–H groups in total. The Morgan fingerprint density at radius 3 is 2.64 bits per heavy atom. The van der Waals surface area contributed by atoms with Gasteiger partial charge in [0.2, 0.25) is 0 Å². The van der Waals surface area contributed by atoms with Crippen molar-refractivity contribution >= 4 is 5.97 Å². The van der Waals surface area contributed by atoms with Gasteiger partial charge in [0, 0.05) is 18.4 Å². The van der Waals surface area contributed by atoms with Gasteiger partial charge in [-0.1, -0.05) is 25.9 Å². The largest absolute Gasteiger partial charge is 0.458 e. The van der Waals surface area contributed by atoms with Crippen LogP contribution in [0.5, 0.6) is 0 Å². The first-order chi connectivity index (χ1) is 6.39. The lowest BCUT2D eigenvalue weighted by atomic mass is 9.92. The molecular formula is C10H15NO3. The van der Waals surface area contributed by atoms with Gasteiger partial charge in [0.05, 0.1) is 5.69 Å². The van der Waals surface area contributed by atoms with Crippen LogP contribution >= 0.6 is 0 Å². The fourth-order valence-electron chi connectivity index (χ4n) is 0.907. The molecule has 0 aliphatic heterocycles. The normalized spacial score (nSPS) is 11.4. The molecule has 4 nitrogen and oxygen atoms in total. The lowest BCUT2D eigenvalue weighted by molar-refractivity contribution is -0.142. The van der Waals surface area contributed by atoms with E-state index in [4.69, 9.17) is 9.26 Å². The van der Waals surface area contributed by atoms with Crippen molar-refractivity contribution in [2.45, 2.75) is 39.7 Å². The van der Waals surface area contributed by atoms with E-state index in [0.717, 1.165) is 5.69 Å². The molecule has 0 spiro atoms. The maximum atomic E-state index is 10.5. The second-order valence-corrected chi connectivity index (χ2v) is 4.21. The Morgan fingerprint density at radius 2 is 2.21 bits per heavy atom. The van der Waals surface area contributed by atoms with Gasteiger partial charge in [0.25, 0.3) is 0 Å². The summed E-state index contributed by atoms with van der Waals surface area (Å²) in [4.78, 5) is 10.5. The van der Waals surface area contributed by atoms with E-state index >= 15 is 0 Å². The first kappa shape index (κ1) is 10.8. The second kappa shape index (κ2) is 3.82. The molecule has 1 aromatic heterocycles.